The molecule has 0 radical (unpaired) electrons. The normalized spacial score (nSPS) is 11.2. The van der Waals surface area contributed by atoms with Gasteiger partial charge in [-0.2, -0.15) is 17.6 Å². The summed E-state index contributed by atoms with van der Waals surface area (Å²) < 4.78 is 47.9. The van der Waals surface area contributed by atoms with Crippen LogP contribution in [-0.4, -0.2) is 18.8 Å². The number of hydrogen-bond acceptors (Lipinski definition) is 2. The van der Waals surface area contributed by atoms with Crippen LogP contribution in [0.4, 0.5) is 23.2 Å². The zero-order valence-corrected chi connectivity index (χ0v) is 7.44. The number of hydrogen-bond donors (Lipinski definition) is 1. The van der Waals surface area contributed by atoms with Crippen LogP contribution in [-0.2, 0) is 0 Å². The minimum absolute atomic E-state index is 0.165. The van der Waals surface area contributed by atoms with Crippen LogP contribution in [0.5, 0.6) is 0 Å². The maximum absolute atomic E-state index is 12.4. The minimum Gasteiger partial charge on any atom is -0.376 e. The van der Waals surface area contributed by atoms with E-state index >= 15 is 0 Å². The van der Waals surface area contributed by atoms with Crippen LogP contribution in [0, 0.1) is 0 Å². The predicted molar refractivity (Wildman–Crippen MR) is 46.4 cm³/mol. The summed E-state index contributed by atoms with van der Waals surface area (Å²) in [6.07, 6.45) is -4.41. The largest absolute Gasteiger partial charge is 0.405 e. The Morgan fingerprint density at radius 3 is 2.40 bits per heavy atom. The molecule has 0 saturated heterocycles. The maximum atomic E-state index is 12.4. The van der Waals surface area contributed by atoms with Gasteiger partial charge in [0.25, 0.3) is 0 Å². The molecule has 0 saturated carbocycles. The summed E-state index contributed by atoms with van der Waals surface area (Å²) >= 11 is 0. The maximum Gasteiger partial charge on any atom is 0.405 e. The minimum atomic E-state index is -4.41. The summed E-state index contributed by atoms with van der Waals surface area (Å²) in [5.41, 5.74) is -0.566. The van der Waals surface area contributed by atoms with Gasteiger partial charge in [-0.25, -0.2) is 0 Å². The van der Waals surface area contributed by atoms with Crippen molar-refractivity contribution in [3.05, 3.63) is 29.8 Å². The average Bonchev–Trinajstić information content (AvgIpc) is 2.14. The lowest BCUT2D eigenvalue weighted by molar-refractivity contribution is -0.115. The van der Waals surface area contributed by atoms with Crippen LogP contribution >= 0.6 is 0 Å². The number of rotatable bonds is 3. The lowest BCUT2D eigenvalue weighted by Crippen LogP contribution is -2.22. The second-order valence-corrected chi connectivity index (χ2v) is 2.79. The number of carbonyl (C=O) groups is 1. The third-order valence-electron chi connectivity index (χ3n) is 1.62. The van der Waals surface area contributed by atoms with E-state index < -0.39 is 24.3 Å². The second-order valence-electron chi connectivity index (χ2n) is 2.79. The number of alkyl halides is 3. The quantitative estimate of drug-likeness (QED) is 0.628. The molecule has 0 aliphatic rings. The Bertz CT molecular complexity index is 361. The Balaban J connectivity index is 2.81. The molecule has 0 bridgehead atoms. The van der Waals surface area contributed by atoms with Crippen molar-refractivity contribution >= 4 is 11.7 Å². The van der Waals surface area contributed by atoms with Crippen LogP contribution in [0.25, 0.3) is 0 Å². The van der Waals surface area contributed by atoms with Crippen molar-refractivity contribution in [2.45, 2.75) is 6.18 Å². The van der Waals surface area contributed by atoms with E-state index in [9.17, 15) is 22.4 Å². The van der Waals surface area contributed by atoms with E-state index in [4.69, 9.17) is 0 Å². The molecule has 1 aromatic carbocycles. The van der Waals surface area contributed by atoms with Crippen molar-refractivity contribution in [1.29, 1.82) is 0 Å². The molecule has 0 fully saturated rings. The molecular weight excluding hydrogens is 214 g/mol. The fraction of sp³-hybridized carbons (Fsp3) is 0.222. The first-order valence-electron chi connectivity index (χ1n) is 3.99. The van der Waals surface area contributed by atoms with Crippen LogP contribution in [0.3, 0.4) is 0 Å². The van der Waals surface area contributed by atoms with Crippen molar-refractivity contribution in [1.82, 2.24) is 0 Å². The first-order valence-corrected chi connectivity index (χ1v) is 3.99. The van der Waals surface area contributed by atoms with Gasteiger partial charge in [0, 0.05) is 5.69 Å². The summed E-state index contributed by atoms with van der Waals surface area (Å²) in [4.78, 5) is 10.4. The molecule has 1 aromatic rings. The number of halogens is 4. The zero-order chi connectivity index (χ0) is 11.5. The molecule has 1 N–H and O–H groups in total. The molecule has 0 amide bonds. The van der Waals surface area contributed by atoms with Crippen molar-refractivity contribution in [2.75, 3.05) is 11.9 Å². The molecule has 6 heteroatoms. The summed E-state index contributed by atoms with van der Waals surface area (Å²) in [5, 5.41) is 1.95. The van der Waals surface area contributed by atoms with E-state index in [1.54, 1.807) is 0 Å². The van der Waals surface area contributed by atoms with Gasteiger partial charge in [-0.1, -0.05) is 12.1 Å². The molecule has 82 valence electrons. The van der Waals surface area contributed by atoms with E-state index in [0.717, 1.165) is 6.07 Å². The first-order chi connectivity index (χ1) is 6.90. The first kappa shape index (κ1) is 11.5. The standard InChI is InChI=1S/C9H7F4NO/c10-8(15)6-3-1-2-4-7(6)14-5-9(11,12)13/h1-4,14H,5H2. The molecule has 0 aliphatic carbocycles. The predicted octanol–water partition coefficient (Wildman–Crippen LogP) is 2.77. The summed E-state index contributed by atoms with van der Waals surface area (Å²) in [5.74, 6) is 0. The molecule has 15 heavy (non-hydrogen) atoms. The molecule has 2 nitrogen and oxygen atoms in total. The van der Waals surface area contributed by atoms with Gasteiger partial charge in [0.05, 0.1) is 5.56 Å². The molecule has 0 atom stereocenters. The van der Waals surface area contributed by atoms with Gasteiger partial charge in [0.1, 0.15) is 6.54 Å². The van der Waals surface area contributed by atoms with E-state index in [-0.39, 0.29) is 5.69 Å². The monoisotopic (exact) mass is 221 g/mol. The smallest absolute Gasteiger partial charge is 0.376 e. The van der Waals surface area contributed by atoms with E-state index in [0.29, 0.717) is 0 Å². The average molecular weight is 221 g/mol. The third kappa shape index (κ3) is 3.57. The van der Waals surface area contributed by atoms with Crippen LogP contribution in [0.15, 0.2) is 24.3 Å². The molecular formula is C9H7F4NO. The SMILES string of the molecule is O=C(F)c1ccccc1NCC(F)(F)F. The summed E-state index contributed by atoms with van der Waals surface area (Å²) in [6.45, 7) is -1.31. The summed E-state index contributed by atoms with van der Waals surface area (Å²) in [6, 6.07) is 3.33. The number of benzene rings is 1. The highest BCUT2D eigenvalue weighted by Gasteiger charge is 2.27. The molecule has 0 aromatic heterocycles. The molecule has 0 heterocycles. The van der Waals surface area contributed by atoms with Crippen LogP contribution in [0.1, 0.15) is 10.4 Å². The van der Waals surface area contributed by atoms with Gasteiger partial charge in [-0.3, -0.25) is 4.79 Å². The lowest BCUT2D eigenvalue weighted by atomic mass is 10.2. The molecule has 0 unspecified atom stereocenters. The number of para-hydroxylation sites is 1. The van der Waals surface area contributed by atoms with Gasteiger partial charge in [-0.15, -0.1) is 0 Å². The van der Waals surface area contributed by atoms with Gasteiger partial charge in [0.15, 0.2) is 0 Å². The van der Waals surface area contributed by atoms with E-state index in [2.05, 4.69) is 0 Å². The van der Waals surface area contributed by atoms with Gasteiger partial charge >= 0.3 is 12.2 Å². The van der Waals surface area contributed by atoms with Crippen LogP contribution in [0.2, 0.25) is 0 Å². The van der Waals surface area contributed by atoms with Gasteiger partial charge in [0.2, 0.25) is 0 Å². The van der Waals surface area contributed by atoms with E-state index in [1.807, 2.05) is 5.32 Å². The molecule has 0 aliphatic heterocycles. The van der Waals surface area contributed by atoms with Crippen molar-refractivity contribution < 1.29 is 22.4 Å². The summed E-state index contributed by atoms with van der Waals surface area (Å²) in [7, 11) is 0. The molecule has 0 spiro atoms. The second kappa shape index (κ2) is 4.29. The Morgan fingerprint density at radius 2 is 1.87 bits per heavy atom. The lowest BCUT2D eigenvalue weighted by Gasteiger charge is -2.10. The zero-order valence-electron chi connectivity index (χ0n) is 7.44. The van der Waals surface area contributed by atoms with Crippen molar-refractivity contribution in [3.8, 4) is 0 Å². The van der Waals surface area contributed by atoms with Gasteiger partial charge in [-0.05, 0) is 12.1 Å². The van der Waals surface area contributed by atoms with Crippen molar-refractivity contribution in [3.63, 3.8) is 0 Å². The number of carbonyl (C=O) groups excluding carboxylic acids is 1. The van der Waals surface area contributed by atoms with Crippen LogP contribution < -0.4 is 5.32 Å². The Hall–Kier alpha value is -1.59. The number of nitrogens with one attached hydrogen (secondary N) is 1. The number of anilines is 1. The Kier molecular flexibility index (Phi) is 3.28. The highest BCUT2D eigenvalue weighted by molar-refractivity contribution is 5.94. The van der Waals surface area contributed by atoms with E-state index in [1.165, 1.54) is 18.2 Å². The third-order valence-corrected chi connectivity index (χ3v) is 1.62. The highest BCUT2D eigenvalue weighted by Crippen LogP contribution is 2.20. The van der Waals surface area contributed by atoms with Crippen molar-refractivity contribution in [2.24, 2.45) is 0 Å². The Morgan fingerprint density at radius 1 is 1.27 bits per heavy atom. The molecule has 1 rings (SSSR count). The topological polar surface area (TPSA) is 29.1 Å². The Labute approximate surface area is 82.9 Å². The fourth-order valence-corrected chi connectivity index (χ4v) is 1.00. The van der Waals surface area contributed by atoms with Gasteiger partial charge < -0.3 is 5.32 Å². The highest BCUT2D eigenvalue weighted by atomic mass is 19.4. The fourth-order valence-electron chi connectivity index (χ4n) is 1.00.